The lowest BCUT2D eigenvalue weighted by molar-refractivity contribution is 0.0714. The Kier molecular flexibility index (Phi) is 4.30. The normalized spacial score (nSPS) is 11.7. The summed E-state index contributed by atoms with van der Waals surface area (Å²) in [6.07, 6.45) is 2.38. The number of aliphatic hydroxyl groups is 2. The summed E-state index contributed by atoms with van der Waals surface area (Å²) in [6, 6.07) is 8.21. The molecule has 0 radical (unpaired) electrons. The smallest absolute Gasteiger partial charge is 0.0594 e. The third-order valence-corrected chi connectivity index (χ3v) is 2.45. The van der Waals surface area contributed by atoms with Crippen molar-refractivity contribution in [2.75, 3.05) is 6.61 Å². The summed E-state index contributed by atoms with van der Waals surface area (Å²) in [7, 11) is 0. The maximum Gasteiger partial charge on any atom is 0.0594 e. The molecular weight excluding hydrogens is 188 g/mol. The number of hydrogen-bond acceptors (Lipinski definition) is 2. The van der Waals surface area contributed by atoms with Gasteiger partial charge >= 0.3 is 0 Å². The van der Waals surface area contributed by atoms with Crippen molar-refractivity contribution >= 4 is 0 Å². The molecule has 2 heteroatoms. The van der Waals surface area contributed by atoms with Crippen molar-refractivity contribution in [2.45, 2.75) is 38.7 Å². The average Bonchev–Trinajstić information content (AvgIpc) is 2.16. The summed E-state index contributed by atoms with van der Waals surface area (Å²) >= 11 is 0. The lowest BCUT2D eigenvalue weighted by atomic mass is 9.98. The van der Waals surface area contributed by atoms with Crippen molar-refractivity contribution in [2.24, 2.45) is 0 Å². The van der Waals surface area contributed by atoms with Gasteiger partial charge in [0.2, 0.25) is 0 Å². The van der Waals surface area contributed by atoms with E-state index in [0.717, 1.165) is 18.4 Å². The molecule has 1 aromatic carbocycles. The molecule has 0 saturated carbocycles. The average molecular weight is 208 g/mol. The van der Waals surface area contributed by atoms with Crippen molar-refractivity contribution in [3.8, 4) is 0 Å². The van der Waals surface area contributed by atoms with E-state index in [1.165, 1.54) is 5.56 Å². The SMILES string of the molecule is CC(C)(O)CCc1ccc(CCO)cc1. The fourth-order valence-electron chi connectivity index (χ4n) is 1.45. The van der Waals surface area contributed by atoms with E-state index >= 15 is 0 Å². The molecule has 84 valence electrons. The largest absolute Gasteiger partial charge is 0.396 e. The van der Waals surface area contributed by atoms with E-state index in [1.54, 1.807) is 0 Å². The first kappa shape index (κ1) is 12.2. The topological polar surface area (TPSA) is 40.5 Å². The Balaban J connectivity index is 2.50. The molecular formula is C13H20O2. The molecule has 0 aliphatic carbocycles. The summed E-state index contributed by atoms with van der Waals surface area (Å²) in [5.41, 5.74) is 1.80. The third kappa shape index (κ3) is 4.96. The molecule has 0 aromatic heterocycles. The van der Waals surface area contributed by atoms with Crippen LogP contribution in [0.4, 0.5) is 0 Å². The molecule has 0 bridgehead atoms. The zero-order valence-corrected chi connectivity index (χ0v) is 9.53. The number of aliphatic hydroxyl groups excluding tert-OH is 1. The predicted octanol–water partition coefficient (Wildman–Crippen LogP) is 1.92. The summed E-state index contributed by atoms with van der Waals surface area (Å²) in [6.45, 7) is 3.85. The van der Waals surface area contributed by atoms with Crippen LogP contribution in [0.5, 0.6) is 0 Å². The first-order chi connectivity index (χ1) is 7.01. The van der Waals surface area contributed by atoms with Crippen molar-refractivity contribution in [1.82, 2.24) is 0 Å². The first-order valence-electron chi connectivity index (χ1n) is 5.42. The molecule has 1 aromatic rings. The third-order valence-electron chi connectivity index (χ3n) is 2.45. The first-order valence-corrected chi connectivity index (χ1v) is 5.42. The minimum absolute atomic E-state index is 0.197. The number of hydrogen-bond donors (Lipinski definition) is 2. The van der Waals surface area contributed by atoms with Gasteiger partial charge in [0.05, 0.1) is 5.60 Å². The number of benzene rings is 1. The zero-order chi connectivity index (χ0) is 11.3. The van der Waals surface area contributed by atoms with Gasteiger partial charge in [-0.05, 0) is 44.2 Å². The Bertz CT molecular complexity index is 282. The summed E-state index contributed by atoms with van der Waals surface area (Å²) in [5.74, 6) is 0. The Hall–Kier alpha value is -0.860. The van der Waals surface area contributed by atoms with Gasteiger partial charge in [-0.1, -0.05) is 24.3 Å². The molecule has 0 fully saturated rings. The van der Waals surface area contributed by atoms with Crippen LogP contribution in [0.1, 0.15) is 31.4 Å². The Morgan fingerprint density at radius 3 is 1.87 bits per heavy atom. The monoisotopic (exact) mass is 208 g/mol. The molecule has 0 aliphatic heterocycles. The van der Waals surface area contributed by atoms with E-state index in [4.69, 9.17) is 5.11 Å². The quantitative estimate of drug-likeness (QED) is 0.776. The van der Waals surface area contributed by atoms with Gasteiger partial charge in [0.25, 0.3) is 0 Å². The lowest BCUT2D eigenvalue weighted by Crippen LogP contribution is -2.19. The van der Waals surface area contributed by atoms with Crippen LogP contribution in [0.25, 0.3) is 0 Å². The van der Waals surface area contributed by atoms with E-state index in [9.17, 15) is 5.11 Å². The molecule has 0 saturated heterocycles. The summed E-state index contributed by atoms with van der Waals surface area (Å²) in [5, 5.41) is 18.4. The lowest BCUT2D eigenvalue weighted by Gasteiger charge is -2.16. The maximum absolute atomic E-state index is 9.58. The van der Waals surface area contributed by atoms with Gasteiger partial charge in [0.15, 0.2) is 0 Å². The van der Waals surface area contributed by atoms with E-state index in [0.29, 0.717) is 6.42 Å². The highest BCUT2D eigenvalue weighted by molar-refractivity contribution is 5.22. The molecule has 0 amide bonds. The second kappa shape index (κ2) is 5.29. The zero-order valence-electron chi connectivity index (χ0n) is 9.53. The molecule has 15 heavy (non-hydrogen) atoms. The second-order valence-electron chi connectivity index (χ2n) is 4.60. The van der Waals surface area contributed by atoms with Crippen LogP contribution >= 0.6 is 0 Å². The van der Waals surface area contributed by atoms with E-state index in [2.05, 4.69) is 12.1 Å². The van der Waals surface area contributed by atoms with Gasteiger partial charge in [-0.2, -0.15) is 0 Å². The molecule has 0 atom stereocenters. The molecule has 1 rings (SSSR count). The van der Waals surface area contributed by atoms with E-state index in [1.807, 2.05) is 26.0 Å². The van der Waals surface area contributed by atoms with Crippen LogP contribution in [0.3, 0.4) is 0 Å². The highest BCUT2D eigenvalue weighted by Crippen LogP contribution is 2.13. The summed E-state index contributed by atoms with van der Waals surface area (Å²) in [4.78, 5) is 0. The molecule has 2 nitrogen and oxygen atoms in total. The highest BCUT2D eigenvalue weighted by atomic mass is 16.3. The van der Waals surface area contributed by atoms with Gasteiger partial charge < -0.3 is 10.2 Å². The number of aryl methyl sites for hydroxylation is 1. The predicted molar refractivity (Wildman–Crippen MR) is 61.9 cm³/mol. The van der Waals surface area contributed by atoms with Crippen LogP contribution in [-0.2, 0) is 12.8 Å². The van der Waals surface area contributed by atoms with Crippen LogP contribution in [0, 0.1) is 0 Å². The highest BCUT2D eigenvalue weighted by Gasteiger charge is 2.11. The van der Waals surface area contributed by atoms with Crippen LogP contribution in [0.15, 0.2) is 24.3 Å². The van der Waals surface area contributed by atoms with Crippen molar-refractivity contribution in [1.29, 1.82) is 0 Å². The van der Waals surface area contributed by atoms with Gasteiger partial charge in [-0.15, -0.1) is 0 Å². The Morgan fingerprint density at radius 1 is 1.00 bits per heavy atom. The number of rotatable bonds is 5. The fourth-order valence-corrected chi connectivity index (χ4v) is 1.45. The minimum atomic E-state index is -0.593. The standard InChI is InChI=1S/C13H20O2/c1-13(2,15)9-7-11-3-5-12(6-4-11)8-10-14/h3-6,14-15H,7-10H2,1-2H3. The van der Waals surface area contributed by atoms with Crippen molar-refractivity contribution < 1.29 is 10.2 Å². The molecule has 0 unspecified atom stereocenters. The van der Waals surface area contributed by atoms with Gasteiger partial charge in [-0.25, -0.2) is 0 Å². The molecule has 2 N–H and O–H groups in total. The van der Waals surface area contributed by atoms with Crippen molar-refractivity contribution in [3.05, 3.63) is 35.4 Å². The van der Waals surface area contributed by atoms with Crippen molar-refractivity contribution in [3.63, 3.8) is 0 Å². The second-order valence-corrected chi connectivity index (χ2v) is 4.60. The fraction of sp³-hybridized carbons (Fsp3) is 0.538. The van der Waals surface area contributed by atoms with Gasteiger partial charge in [0, 0.05) is 6.61 Å². The molecule has 0 spiro atoms. The van der Waals surface area contributed by atoms with Crippen LogP contribution in [0.2, 0.25) is 0 Å². The van der Waals surface area contributed by atoms with Gasteiger partial charge in [-0.3, -0.25) is 0 Å². The van der Waals surface area contributed by atoms with E-state index < -0.39 is 5.60 Å². The van der Waals surface area contributed by atoms with Crippen LogP contribution in [-0.4, -0.2) is 22.4 Å². The maximum atomic E-state index is 9.58. The van der Waals surface area contributed by atoms with Gasteiger partial charge in [0.1, 0.15) is 0 Å². The Morgan fingerprint density at radius 2 is 1.47 bits per heavy atom. The molecule has 0 heterocycles. The Labute approximate surface area is 91.6 Å². The van der Waals surface area contributed by atoms with Crippen LogP contribution < -0.4 is 0 Å². The minimum Gasteiger partial charge on any atom is -0.396 e. The molecule has 0 aliphatic rings. The van der Waals surface area contributed by atoms with E-state index in [-0.39, 0.29) is 6.61 Å². The summed E-state index contributed by atoms with van der Waals surface area (Å²) < 4.78 is 0.